The minimum atomic E-state index is -3.54. The molecule has 1 aromatic heterocycles. The second kappa shape index (κ2) is 6.52. The van der Waals surface area contributed by atoms with Crippen LogP contribution in [0.5, 0.6) is 0 Å². The first kappa shape index (κ1) is 18.1. The van der Waals surface area contributed by atoms with E-state index in [4.69, 9.17) is 0 Å². The van der Waals surface area contributed by atoms with Crippen molar-refractivity contribution in [2.24, 2.45) is 5.92 Å². The number of carbonyl (C=O) groups is 2. The second-order valence-corrected chi connectivity index (χ2v) is 8.28. The minimum absolute atomic E-state index is 0.0720. The van der Waals surface area contributed by atoms with Crippen molar-refractivity contribution in [3.63, 3.8) is 0 Å². The molecule has 0 aliphatic carbocycles. The van der Waals surface area contributed by atoms with Crippen LogP contribution >= 0.6 is 0 Å². The Morgan fingerprint density at radius 3 is 2.73 bits per heavy atom. The van der Waals surface area contributed by atoms with Crippen LogP contribution in [0.3, 0.4) is 0 Å². The molecule has 1 aliphatic heterocycles. The molecule has 1 fully saturated rings. The largest absolute Gasteiger partial charge is 0.311 e. The Morgan fingerprint density at radius 2 is 2.08 bits per heavy atom. The van der Waals surface area contributed by atoms with Gasteiger partial charge in [-0.2, -0.15) is 4.98 Å². The van der Waals surface area contributed by atoms with Gasteiger partial charge in [-0.25, -0.2) is 13.5 Å². The molecule has 0 bridgehead atoms. The Labute approximate surface area is 150 Å². The lowest BCUT2D eigenvalue weighted by molar-refractivity contribution is -0.122. The summed E-state index contributed by atoms with van der Waals surface area (Å²) in [7, 11) is -3.54. The summed E-state index contributed by atoms with van der Waals surface area (Å²) in [6.45, 7) is 4.15. The summed E-state index contributed by atoms with van der Waals surface area (Å²) >= 11 is 0. The molecule has 10 heteroatoms. The Hall–Kier alpha value is -2.75. The number of nitrogens with one attached hydrogen (secondary N) is 2. The summed E-state index contributed by atoms with van der Waals surface area (Å²) in [4.78, 5) is 30.1. The molecule has 0 radical (unpaired) electrons. The van der Waals surface area contributed by atoms with Gasteiger partial charge in [-0.15, -0.1) is 5.10 Å². The molecule has 26 heavy (non-hydrogen) atoms. The second-order valence-electron chi connectivity index (χ2n) is 6.35. The van der Waals surface area contributed by atoms with E-state index in [0.29, 0.717) is 0 Å². The molecule has 1 atom stereocenters. The molecule has 0 unspecified atom stereocenters. The van der Waals surface area contributed by atoms with Crippen molar-refractivity contribution in [2.75, 3.05) is 23.0 Å². The number of amides is 2. The summed E-state index contributed by atoms with van der Waals surface area (Å²) in [5.41, 5.74) is 2.86. The summed E-state index contributed by atoms with van der Waals surface area (Å²) in [5.74, 6) is -1.26. The number of aromatic nitrogens is 3. The van der Waals surface area contributed by atoms with E-state index in [2.05, 4.69) is 20.5 Å². The Kier molecular flexibility index (Phi) is 4.53. The van der Waals surface area contributed by atoms with E-state index < -0.39 is 21.7 Å². The molecule has 0 spiro atoms. The molecule has 2 amide bonds. The van der Waals surface area contributed by atoms with Gasteiger partial charge in [0, 0.05) is 24.9 Å². The average molecular weight is 377 g/mol. The Balaban J connectivity index is 1.73. The van der Waals surface area contributed by atoms with Crippen LogP contribution in [0.4, 0.5) is 11.6 Å². The van der Waals surface area contributed by atoms with E-state index in [9.17, 15) is 18.0 Å². The third kappa shape index (κ3) is 3.45. The smallest absolute Gasteiger partial charge is 0.249 e. The molecule has 138 valence electrons. The zero-order valence-electron chi connectivity index (χ0n) is 14.6. The maximum Gasteiger partial charge on any atom is 0.249 e. The molecule has 9 nitrogen and oxygen atoms in total. The fraction of sp³-hybridized carbons (Fsp3) is 0.375. The van der Waals surface area contributed by atoms with Gasteiger partial charge in [0.25, 0.3) is 0 Å². The number of carbonyl (C=O) groups excluding carboxylic acids is 2. The number of H-pyrrole nitrogens is 1. The predicted molar refractivity (Wildman–Crippen MR) is 94.5 cm³/mol. The predicted octanol–water partition coefficient (Wildman–Crippen LogP) is 0.817. The number of rotatable bonds is 4. The zero-order chi connectivity index (χ0) is 19.1. The Bertz CT molecular complexity index is 982. The van der Waals surface area contributed by atoms with E-state index in [1.165, 1.54) is 0 Å². The topological polar surface area (TPSA) is 125 Å². The third-order valence-electron chi connectivity index (χ3n) is 4.41. The van der Waals surface area contributed by atoms with Gasteiger partial charge in [0.2, 0.25) is 32.8 Å². The maximum absolute atomic E-state index is 12.4. The van der Waals surface area contributed by atoms with Gasteiger partial charge >= 0.3 is 0 Å². The summed E-state index contributed by atoms with van der Waals surface area (Å²) in [6, 6.07) is 5.69. The van der Waals surface area contributed by atoms with Crippen LogP contribution in [0, 0.1) is 19.8 Å². The van der Waals surface area contributed by atoms with Crippen molar-refractivity contribution < 1.29 is 18.0 Å². The van der Waals surface area contributed by atoms with Crippen molar-refractivity contribution in [3.8, 4) is 0 Å². The SMILES string of the molecule is Cc1cccc(N2C[C@@H](C(=O)Nc3n[nH]c(S(C)(=O)=O)n3)CC2=O)c1C. The van der Waals surface area contributed by atoms with Crippen LogP contribution in [0.15, 0.2) is 23.4 Å². The van der Waals surface area contributed by atoms with Crippen LogP contribution < -0.4 is 10.2 Å². The first-order valence-electron chi connectivity index (χ1n) is 7.96. The van der Waals surface area contributed by atoms with Gasteiger partial charge in [0.1, 0.15) is 0 Å². The van der Waals surface area contributed by atoms with Crippen LogP contribution in [-0.4, -0.2) is 48.2 Å². The lowest BCUT2D eigenvalue weighted by Gasteiger charge is -2.20. The van der Waals surface area contributed by atoms with Crippen LogP contribution in [0.25, 0.3) is 0 Å². The fourth-order valence-electron chi connectivity index (χ4n) is 2.82. The normalized spacial score (nSPS) is 17.6. The number of aryl methyl sites for hydroxylation is 1. The molecule has 1 aliphatic rings. The number of sulfone groups is 1. The molecular weight excluding hydrogens is 358 g/mol. The van der Waals surface area contributed by atoms with Gasteiger partial charge in [0.15, 0.2) is 0 Å². The van der Waals surface area contributed by atoms with Crippen molar-refractivity contribution in [3.05, 3.63) is 29.3 Å². The summed E-state index contributed by atoms with van der Waals surface area (Å²) in [5, 5.41) is 8.06. The van der Waals surface area contributed by atoms with Crippen molar-refractivity contribution in [2.45, 2.75) is 25.4 Å². The van der Waals surface area contributed by atoms with E-state index >= 15 is 0 Å². The van der Waals surface area contributed by atoms with Gasteiger partial charge in [-0.3, -0.25) is 14.9 Å². The lowest BCUT2D eigenvalue weighted by Crippen LogP contribution is -2.29. The van der Waals surface area contributed by atoms with Crippen LogP contribution in [0.2, 0.25) is 0 Å². The number of nitrogens with zero attached hydrogens (tertiary/aromatic N) is 3. The highest BCUT2D eigenvalue weighted by molar-refractivity contribution is 7.90. The van der Waals surface area contributed by atoms with Crippen molar-refractivity contribution in [1.82, 2.24) is 15.2 Å². The first-order valence-corrected chi connectivity index (χ1v) is 9.86. The van der Waals surface area contributed by atoms with Crippen LogP contribution in [0.1, 0.15) is 17.5 Å². The minimum Gasteiger partial charge on any atom is -0.311 e. The molecule has 0 saturated carbocycles. The number of anilines is 2. The van der Waals surface area contributed by atoms with E-state index in [0.717, 1.165) is 23.1 Å². The molecule has 3 rings (SSSR count). The zero-order valence-corrected chi connectivity index (χ0v) is 15.4. The molecule has 2 N–H and O–H groups in total. The summed E-state index contributed by atoms with van der Waals surface area (Å²) in [6.07, 6.45) is 1.05. The molecule has 2 aromatic rings. The Morgan fingerprint density at radius 1 is 1.35 bits per heavy atom. The fourth-order valence-corrected chi connectivity index (χ4v) is 3.29. The molecule has 1 saturated heterocycles. The third-order valence-corrected chi connectivity index (χ3v) is 5.30. The van der Waals surface area contributed by atoms with Gasteiger partial charge in [-0.1, -0.05) is 12.1 Å². The van der Waals surface area contributed by atoms with Crippen molar-refractivity contribution in [1.29, 1.82) is 0 Å². The van der Waals surface area contributed by atoms with Gasteiger partial charge < -0.3 is 4.90 Å². The highest BCUT2D eigenvalue weighted by Gasteiger charge is 2.36. The number of benzene rings is 1. The molecule has 2 heterocycles. The standard InChI is InChI=1S/C16H19N5O4S/c1-9-5-4-6-12(10(9)2)21-8-11(7-13(21)22)14(23)17-15-18-16(20-19-15)26(3,24)25/h4-6,11H,7-8H2,1-3H3,(H2,17,18,19,20,23)/t11-/m0/s1. The van der Waals surface area contributed by atoms with Gasteiger partial charge in [-0.05, 0) is 31.0 Å². The van der Waals surface area contributed by atoms with E-state index in [-0.39, 0.29) is 30.0 Å². The van der Waals surface area contributed by atoms with E-state index in [1.807, 2.05) is 32.0 Å². The maximum atomic E-state index is 12.4. The number of aromatic amines is 1. The quantitative estimate of drug-likeness (QED) is 0.812. The van der Waals surface area contributed by atoms with Crippen LogP contribution in [-0.2, 0) is 19.4 Å². The molecular formula is C16H19N5O4S. The van der Waals surface area contributed by atoms with Gasteiger partial charge in [0.05, 0.1) is 5.92 Å². The molecule has 1 aromatic carbocycles. The summed E-state index contributed by atoms with van der Waals surface area (Å²) < 4.78 is 22.8. The monoisotopic (exact) mass is 377 g/mol. The number of hydrogen-bond donors (Lipinski definition) is 2. The van der Waals surface area contributed by atoms with E-state index in [1.54, 1.807) is 4.90 Å². The van der Waals surface area contributed by atoms with Crippen molar-refractivity contribution >= 4 is 33.3 Å². The lowest BCUT2D eigenvalue weighted by atomic mass is 10.1. The highest BCUT2D eigenvalue weighted by atomic mass is 32.2. The number of hydrogen-bond acceptors (Lipinski definition) is 6. The highest BCUT2D eigenvalue weighted by Crippen LogP contribution is 2.29. The average Bonchev–Trinajstić information content (AvgIpc) is 3.17. The first-order chi connectivity index (χ1) is 12.2.